The van der Waals surface area contributed by atoms with Gasteiger partial charge in [0.1, 0.15) is 25.8 Å². The molecule has 9 nitrogen and oxygen atoms in total. The van der Waals surface area contributed by atoms with Crippen molar-refractivity contribution in [2.45, 2.75) is 69.5 Å². The van der Waals surface area contributed by atoms with Gasteiger partial charge in [-0.15, -0.1) is 0 Å². The first-order valence-electron chi connectivity index (χ1n) is 14.9. The van der Waals surface area contributed by atoms with Gasteiger partial charge in [-0.1, -0.05) is 67.3 Å². The zero-order chi connectivity index (χ0) is 30.4. The number of benzene rings is 3. The topological polar surface area (TPSA) is 105 Å². The van der Waals surface area contributed by atoms with Crippen molar-refractivity contribution in [3.63, 3.8) is 0 Å². The standard InChI is InChI=1S/C33H39N3O6S/c1-24-13-15-26(16-14-24)22-35(25(2)33(38)34-27-9-5-3-6-10-27)32(37)23-36(43(39,40)29-11-7-4-8-12-29)28-17-18-30-31(21-28)42-20-19-41-30/h4,7-8,11-18,21,25,27H,3,5-6,9-10,19-20,22-23H2,1-2H3,(H,34,38). The SMILES string of the molecule is Cc1ccc(CN(C(=O)CN(c2ccc3c(c2)OCCO3)S(=O)(=O)c2ccccc2)C(C)C(=O)NC2CCCCC2)cc1. The fourth-order valence-electron chi connectivity index (χ4n) is 5.48. The fourth-order valence-corrected chi connectivity index (χ4v) is 6.90. The summed E-state index contributed by atoms with van der Waals surface area (Å²) in [5, 5.41) is 3.13. The Labute approximate surface area is 253 Å². The van der Waals surface area contributed by atoms with E-state index in [9.17, 15) is 18.0 Å². The molecule has 3 aromatic rings. The first-order chi connectivity index (χ1) is 20.7. The molecule has 0 saturated heterocycles. The Morgan fingerprint density at radius 1 is 0.907 bits per heavy atom. The highest BCUT2D eigenvalue weighted by Crippen LogP contribution is 2.36. The van der Waals surface area contributed by atoms with Crippen LogP contribution in [0.3, 0.4) is 0 Å². The maximum atomic E-state index is 14.2. The van der Waals surface area contributed by atoms with Crippen molar-refractivity contribution in [3.05, 3.63) is 83.9 Å². The third-order valence-electron chi connectivity index (χ3n) is 8.02. The molecular weight excluding hydrogens is 566 g/mol. The van der Waals surface area contributed by atoms with Gasteiger partial charge in [-0.3, -0.25) is 13.9 Å². The van der Waals surface area contributed by atoms with Gasteiger partial charge in [-0.25, -0.2) is 8.42 Å². The van der Waals surface area contributed by atoms with E-state index in [1.165, 1.54) is 17.0 Å². The van der Waals surface area contributed by atoms with Gasteiger partial charge in [0.2, 0.25) is 11.8 Å². The average molecular weight is 606 g/mol. The molecule has 0 aromatic heterocycles. The van der Waals surface area contributed by atoms with Crippen LogP contribution in [0, 0.1) is 6.92 Å². The van der Waals surface area contributed by atoms with Crippen LogP contribution in [-0.4, -0.2) is 57.0 Å². The zero-order valence-corrected chi connectivity index (χ0v) is 25.5. The molecule has 1 heterocycles. The first-order valence-corrected chi connectivity index (χ1v) is 16.3. The maximum absolute atomic E-state index is 14.2. The molecule has 2 aliphatic rings. The van der Waals surface area contributed by atoms with Crippen molar-refractivity contribution < 1.29 is 27.5 Å². The minimum absolute atomic E-state index is 0.0471. The molecule has 0 spiro atoms. The van der Waals surface area contributed by atoms with E-state index in [1.807, 2.05) is 31.2 Å². The van der Waals surface area contributed by atoms with Crippen LogP contribution in [0.1, 0.15) is 50.2 Å². The largest absolute Gasteiger partial charge is 0.486 e. The summed E-state index contributed by atoms with van der Waals surface area (Å²) in [5.74, 6) is 0.166. The number of sulfonamides is 1. The molecular formula is C33H39N3O6S. The quantitative estimate of drug-likeness (QED) is 0.355. The predicted octanol–water partition coefficient (Wildman–Crippen LogP) is 4.83. The van der Waals surface area contributed by atoms with E-state index in [0.29, 0.717) is 24.7 Å². The van der Waals surface area contributed by atoms with Crippen LogP contribution in [-0.2, 0) is 26.2 Å². The highest BCUT2D eigenvalue weighted by atomic mass is 32.2. The average Bonchev–Trinajstić information content (AvgIpc) is 3.03. The predicted molar refractivity (Wildman–Crippen MR) is 165 cm³/mol. The van der Waals surface area contributed by atoms with E-state index in [4.69, 9.17) is 9.47 Å². The zero-order valence-electron chi connectivity index (χ0n) is 24.7. The smallest absolute Gasteiger partial charge is 0.264 e. The van der Waals surface area contributed by atoms with Crippen molar-refractivity contribution in [3.8, 4) is 11.5 Å². The number of aryl methyl sites for hydroxylation is 1. The Morgan fingerprint density at radius 2 is 1.58 bits per heavy atom. The monoisotopic (exact) mass is 605 g/mol. The van der Waals surface area contributed by atoms with Crippen molar-refractivity contribution >= 4 is 27.5 Å². The van der Waals surface area contributed by atoms with Gasteiger partial charge in [0.05, 0.1) is 10.6 Å². The van der Waals surface area contributed by atoms with Crippen LogP contribution in [0.15, 0.2) is 77.7 Å². The van der Waals surface area contributed by atoms with E-state index >= 15 is 0 Å². The van der Waals surface area contributed by atoms with Crippen LogP contribution in [0.25, 0.3) is 0 Å². The second kappa shape index (κ2) is 13.5. The molecule has 0 radical (unpaired) electrons. The number of ether oxygens (including phenoxy) is 2. The number of hydrogen-bond acceptors (Lipinski definition) is 6. The lowest BCUT2D eigenvalue weighted by molar-refractivity contribution is -0.139. The van der Waals surface area contributed by atoms with E-state index in [1.54, 1.807) is 43.3 Å². The van der Waals surface area contributed by atoms with E-state index in [2.05, 4.69) is 5.32 Å². The summed E-state index contributed by atoms with van der Waals surface area (Å²) < 4.78 is 40.5. The van der Waals surface area contributed by atoms with Crippen LogP contribution in [0.2, 0.25) is 0 Å². The highest BCUT2D eigenvalue weighted by Gasteiger charge is 2.33. The van der Waals surface area contributed by atoms with Crippen LogP contribution < -0.4 is 19.1 Å². The lowest BCUT2D eigenvalue weighted by atomic mass is 9.95. The maximum Gasteiger partial charge on any atom is 0.264 e. The molecule has 1 fully saturated rings. The van der Waals surface area contributed by atoms with Crippen molar-refractivity contribution in [1.29, 1.82) is 0 Å². The molecule has 1 N–H and O–H groups in total. The molecule has 1 saturated carbocycles. The fraction of sp³-hybridized carbons (Fsp3) is 0.394. The summed E-state index contributed by atoms with van der Waals surface area (Å²) in [6.45, 7) is 4.05. The number of nitrogens with one attached hydrogen (secondary N) is 1. The summed E-state index contributed by atoms with van der Waals surface area (Å²) in [6.07, 6.45) is 5.11. The molecule has 1 atom stereocenters. The summed E-state index contributed by atoms with van der Waals surface area (Å²) in [6, 6.07) is 19.8. The molecule has 3 aromatic carbocycles. The lowest BCUT2D eigenvalue weighted by Crippen LogP contribution is -2.53. The number of carbonyl (C=O) groups is 2. The molecule has 0 bridgehead atoms. The van der Waals surface area contributed by atoms with Crippen molar-refractivity contribution in [2.24, 2.45) is 0 Å². The van der Waals surface area contributed by atoms with Crippen LogP contribution in [0.5, 0.6) is 11.5 Å². The number of carbonyl (C=O) groups excluding carboxylic acids is 2. The molecule has 228 valence electrons. The second-order valence-corrected chi connectivity index (χ2v) is 13.0. The molecule has 5 rings (SSSR count). The molecule has 10 heteroatoms. The Hall–Kier alpha value is -4.05. The van der Waals surface area contributed by atoms with Crippen LogP contribution in [0.4, 0.5) is 5.69 Å². The minimum Gasteiger partial charge on any atom is -0.486 e. The molecule has 1 aliphatic carbocycles. The first kappa shape index (κ1) is 30.4. The van der Waals surface area contributed by atoms with Gasteiger partial charge in [0.15, 0.2) is 11.5 Å². The third-order valence-corrected chi connectivity index (χ3v) is 9.80. The van der Waals surface area contributed by atoms with Gasteiger partial charge in [-0.2, -0.15) is 0 Å². The normalized spacial score (nSPS) is 15.8. The van der Waals surface area contributed by atoms with Gasteiger partial charge in [-0.05, 0) is 56.5 Å². The number of amides is 2. The summed E-state index contributed by atoms with van der Waals surface area (Å²) >= 11 is 0. The Balaban J connectivity index is 1.47. The third kappa shape index (κ3) is 7.30. The van der Waals surface area contributed by atoms with Crippen LogP contribution >= 0.6 is 0 Å². The Kier molecular flexibility index (Phi) is 9.55. The molecule has 2 amide bonds. The molecule has 1 unspecified atom stereocenters. The van der Waals surface area contributed by atoms with Gasteiger partial charge < -0.3 is 19.7 Å². The van der Waals surface area contributed by atoms with Gasteiger partial charge >= 0.3 is 0 Å². The number of anilines is 1. The van der Waals surface area contributed by atoms with Crippen molar-refractivity contribution in [1.82, 2.24) is 10.2 Å². The Bertz CT molecular complexity index is 1520. The second-order valence-electron chi connectivity index (χ2n) is 11.2. The Morgan fingerprint density at radius 3 is 2.28 bits per heavy atom. The number of rotatable bonds is 10. The van der Waals surface area contributed by atoms with E-state index in [-0.39, 0.29) is 29.1 Å². The number of fused-ring (bicyclic) bond motifs is 1. The summed E-state index contributed by atoms with van der Waals surface area (Å²) in [4.78, 5) is 29.2. The minimum atomic E-state index is -4.17. The van der Waals surface area contributed by atoms with E-state index < -0.39 is 28.5 Å². The molecule has 1 aliphatic heterocycles. The summed E-state index contributed by atoms with van der Waals surface area (Å²) in [5.41, 5.74) is 2.17. The van der Waals surface area contributed by atoms with E-state index in [0.717, 1.165) is 47.5 Å². The number of nitrogens with zero attached hydrogens (tertiary/aromatic N) is 2. The summed E-state index contributed by atoms with van der Waals surface area (Å²) in [7, 11) is -4.17. The lowest BCUT2D eigenvalue weighted by Gasteiger charge is -2.33. The number of hydrogen-bond donors (Lipinski definition) is 1. The van der Waals surface area contributed by atoms with Crippen molar-refractivity contribution in [2.75, 3.05) is 24.1 Å². The highest BCUT2D eigenvalue weighted by molar-refractivity contribution is 7.92. The van der Waals surface area contributed by atoms with Gasteiger partial charge in [0, 0.05) is 18.7 Å². The van der Waals surface area contributed by atoms with Gasteiger partial charge in [0.25, 0.3) is 10.0 Å². The molecule has 43 heavy (non-hydrogen) atoms.